The van der Waals surface area contributed by atoms with Crippen molar-refractivity contribution in [1.29, 1.82) is 0 Å². The fourth-order valence-electron chi connectivity index (χ4n) is 3.70. The van der Waals surface area contributed by atoms with Crippen LogP contribution in [-0.2, 0) is 20.9 Å². The maximum Gasteiger partial charge on any atom is 0.335 e. The van der Waals surface area contributed by atoms with E-state index in [0.717, 1.165) is 22.2 Å². The van der Waals surface area contributed by atoms with Gasteiger partial charge in [0.1, 0.15) is 13.2 Å². The van der Waals surface area contributed by atoms with Gasteiger partial charge in [0, 0.05) is 13.1 Å². The highest BCUT2D eigenvalue weighted by molar-refractivity contribution is 8.18. The van der Waals surface area contributed by atoms with Crippen LogP contribution in [0.25, 0.3) is 6.08 Å². The highest BCUT2D eigenvalue weighted by Crippen LogP contribution is 2.39. The first-order valence-electron chi connectivity index (χ1n) is 11.2. The number of morpholine rings is 1. The average molecular weight is 547 g/mol. The zero-order valence-electron chi connectivity index (χ0n) is 19.8. The summed E-state index contributed by atoms with van der Waals surface area (Å²) in [7, 11) is 1.44. The molecule has 0 bridgehead atoms. The summed E-state index contributed by atoms with van der Waals surface area (Å²) in [6, 6.07) is 9.41. The molecule has 0 atom stereocenters. The van der Waals surface area contributed by atoms with Crippen molar-refractivity contribution < 1.29 is 38.5 Å². The van der Waals surface area contributed by atoms with E-state index in [1.807, 2.05) is 0 Å². The number of aromatic carboxylic acids is 1. The lowest BCUT2D eigenvalue weighted by atomic mass is 10.1. The first-order chi connectivity index (χ1) is 17.8. The van der Waals surface area contributed by atoms with Crippen molar-refractivity contribution in [3.05, 3.63) is 63.0 Å². The van der Waals surface area contributed by atoms with Gasteiger partial charge in [-0.3, -0.25) is 19.3 Å². The van der Waals surface area contributed by atoms with Crippen LogP contribution in [0.15, 0.2) is 41.3 Å². The Labute approximate surface area is 221 Å². The van der Waals surface area contributed by atoms with Crippen molar-refractivity contribution in [2.24, 2.45) is 0 Å². The fraction of sp³-hybridized carbons (Fsp3) is 0.280. The van der Waals surface area contributed by atoms with Gasteiger partial charge in [-0.15, -0.1) is 0 Å². The van der Waals surface area contributed by atoms with E-state index >= 15 is 0 Å². The Morgan fingerprint density at radius 1 is 1.16 bits per heavy atom. The quantitative estimate of drug-likeness (QED) is 0.495. The molecule has 3 amide bonds. The fourth-order valence-corrected chi connectivity index (χ4v) is 4.81. The first-order valence-corrected chi connectivity index (χ1v) is 12.4. The second-order valence-corrected chi connectivity index (χ2v) is 9.49. The van der Waals surface area contributed by atoms with E-state index in [1.54, 1.807) is 29.2 Å². The van der Waals surface area contributed by atoms with Crippen LogP contribution in [-0.4, -0.2) is 77.9 Å². The number of ether oxygens (including phenoxy) is 3. The van der Waals surface area contributed by atoms with Gasteiger partial charge < -0.3 is 24.2 Å². The van der Waals surface area contributed by atoms with Gasteiger partial charge in [-0.25, -0.2) is 4.79 Å². The molecule has 12 heteroatoms. The van der Waals surface area contributed by atoms with E-state index in [0.29, 0.717) is 37.6 Å². The van der Waals surface area contributed by atoms with Crippen molar-refractivity contribution in [2.75, 3.05) is 40.0 Å². The van der Waals surface area contributed by atoms with Gasteiger partial charge in [-0.2, -0.15) is 0 Å². The Hall–Kier alpha value is -3.54. The summed E-state index contributed by atoms with van der Waals surface area (Å²) in [5, 5.41) is 8.71. The number of hydrogen-bond donors (Lipinski definition) is 1. The number of hydrogen-bond acceptors (Lipinski definition) is 8. The van der Waals surface area contributed by atoms with Crippen LogP contribution in [0, 0.1) is 0 Å². The smallest absolute Gasteiger partial charge is 0.335 e. The first kappa shape index (κ1) is 26.5. The molecule has 37 heavy (non-hydrogen) atoms. The van der Waals surface area contributed by atoms with E-state index < -0.39 is 17.1 Å². The maximum atomic E-state index is 12.9. The van der Waals surface area contributed by atoms with Gasteiger partial charge in [-0.05, 0) is 53.2 Å². The zero-order chi connectivity index (χ0) is 26.5. The van der Waals surface area contributed by atoms with Gasteiger partial charge in [0.25, 0.3) is 11.1 Å². The van der Waals surface area contributed by atoms with E-state index in [2.05, 4.69) is 0 Å². The molecule has 194 valence electrons. The van der Waals surface area contributed by atoms with Gasteiger partial charge in [0.05, 0.1) is 35.8 Å². The summed E-state index contributed by atoms with van der Waals surface area (Å²) in [6.07, 6.45) is 1.51. The maximum absolute atomic E-state index is 12.9. The number of carbonyl (C=O) groups excluding carboxylic acids is 3. The third-order valence-corrected chi connectivity index (χ3v) is 6.85. The zero-order valence-corrected chi connectivity index (χ0v) is 21.3. The second-order valence-electron chi connectivity index (χ2n) is 8.09. The summed E-state index contributed by atoms with van der Waals surface area (Å²) in [5.41, 5.74) is 1.40. The van der Waals surface area contributed by atoms with Crippen LogP contribution < -0.4 is 9.47 Å². The number of methoxy groups -OCH3 is 1. The van der Waals surface area contributed by atoms with Crippen LogP contribution >= 0.6 is 23.4 Å². The predicted molar refractivity (Wildman–Crippen MR) is 136 cm³/mol. The topological polar surface area (TPSA) is 123 Å². The lowest BCUT2D eigenvalue weighted by Gasteiger charge is -2.28. The molecule has 2 aliphatic heterocycles. The lowest BCUT2D eigenvalue weighted by Crippen LogP contribution is -2.46. The van der Waals surface area contributed by atoms with Crippen LogP contribution in [0.3, 0.4) is 0 Å². The number of rotatable bonds is 8. The molecule has 0 unspecified atom stereocenters. The third-order valence-electron chi connectivity index (χ3n) is 5.66. The molecule has 2 saturated heterocycles. The summed E-state index contributed by atoms with van der Waals surface area (Å²) < 4.78 is 16.5. The molecule has 1 N–H and O–H groups in total. The third kappa shape index (κ3) is 6.24. The Bertz CT molecular complexity index is 1260. The van der Waals surface area contributed by atoms with E-state index in [4.69, 9.17) is 30.9 Å². The molecular weight excluding hydrogens is 524 g/mol. The second kappa shape index (κ2) is 11.7. The van der Waals surface area contributed by atoms with Gasteiger partial charge in [0.15, 0.2) is 11.5 Å². The van der Waals surface area contributed by atoms with Crippen molar-refractivity contribution in [3.8, 4) is 11.5 Å². The van der Waals surface area contributed by atoms with Crippen LogP contribution in [0.2, 0.25) is 5.02 Å². The minimum Gasteiger partial charge on any atom is -0.493 e. The van der Waals surface area contributed by atoms with Gasteiger partial charge in [0.2, 0.25) is 5.91 Å². The Morgan fingerprint density at radius 3 is 2.51 bits per heavy atom. The molecule has 0 aliphatic carbocycles. The Morgan fingerprint density at radius 2 is 1.86 bits per heavy atom. The number of carboxylic acids is 1. The van der Waals surface area contributed by atoms with Crippen LogP contribution in [0.4, 0.5) is 4.79 Å². The van der Waals surface area contributed by atoms with E-state index in [-0.39, 0.29) is 40.3 Å². The largest absolute Gasteiger partial charge is 0.493 e. The molecular formula is C25H23ClN2O8S. The molecule has 0 aromatic heterocycles. The molecule has 0 radical (unpaired) electrons. The molecule has 4 rings (SSSR count). The van der Waals surface area contributed by atoms with E-state index in [1.165, 1.54) is 25.3 Å². The highest BCUT2D eigenvalue weighted by Gasteiger charge is 2.37. The number of amides is 3. The molecule has 10 nitrogen and oxygen atoms in total. The molecule has 2 aromatic carbocycles. The number of benzene rings is 2. The minimum atomic E-state index is -1.02. The van der Waals surface area contributed by atoms with E-state index in [9.17, 15) is 19.2 Å². The van der Waals surface area contributed by atoms with Crippen LogP contribution in [0.1, 0.15) is 21.5 Å². The summed E-state index contributed by atoms with van der Waals surface area (Å²) in [5.74, 6) is -1.31. The molecule has 2 aromatic rings. The average Bonchev–Trinajstić information content (AvgIpc) is 3.15. The number of imide groups is 1. The summed E-state index contributed by atoms with van der Waals surface area (Å²) in [6.45, 7) is 1.48. The number of halogens is 1. The van der Waals surface area contributed by atoms with Crippen molar-refractivity contribution in [1.82, 2.24) is 9.80 Å². The lowest BCUT2D eigenvalue weighted by molar-refractivity contribution is -0.139. The minimum absolute atomic E-state index is 0.116. The van der Waals surface area contributed by atoms with Crippen molar-refractivity contribution >= 4 is 52.5 Å². The number of carbonyl (C=O) groups is 4. The molecule has 0 saturated carbocycles. The summed E-state index contributed by atoms with van der Waals surface area (Å²) in [4.78, 5) is 51.5. The number of carboxylic acid groups (broad SMARTS) is 1. The number of nitrogens with zero attached hydrogens (tertiary/aromatic N) is 2. The normalized spacial score (nSPS) is 16.9. The monoisotopic (exact) mass is 546 g/mol. The van der Waals surface area contributed by atoms with Crippen molar-refractivity contribution in [2.45, 2.75) is 6.61 Å². The standard InChI is InChI=1S/C25H23ClN2O8S/c1-34-19-11-16(10-18(26)22(19)36-14-15-2-4-17(5-3-15)24(31)32)12-20-23(30)28(25(33)37-20)13-21(29)27-6-8-35-9-7-27/h2-5,10-12H,6-9,13-14H2,1H3,(H,31,32)/b20-12+. The molecule has 2 fully saturated rings. The Balaban J connectivity index is 1.46. The van der Waals surface area contributed by atoms with Gasteiger partial charge >= 0.3 is 5.97 Å². The number of thioether (sulfide) groups is 1. The van der Waals surface area contributed by atoms with Gasteiger partial charge in [-0.1, -0.05) is 23.7 Å². The Kier molecular flexibility index (Phi) is 8.37. The predicted octanol–water partition coefficient (Wildman–Crippen LogP) is 3.52. The summed E-state index contributed by atoms with van der Waals surface area (Å²) >= 11 is 7.18. The van der Waals surface area contributed by atoms with Crippen molar-refractivity contribution in [3.63, 3.8) is 0 Å². The SMILES string of the molecule is COc1cc(/C=C2/SC(=O)N(CC(=O)N3CCOCC3)C2=O)cc(Cl)c1OCc1ccc(C(=O)O)cc1. The highest BCUT2D eigenvalue weighted by atomic mass is 35.5. The molecule has 2 heterocycles. The van der Waals surface area contributed by atoms with Crippen LogP contribution in [0.5, 0.6) is 11.5 Å². The molecule has 0 spiro atoms. The molecule has 2 aliphatic rings.